The van der Waals surface area contributed by atoms with Crippen LogP contribution >= 0.6 is 11.6 Å². The lowest BCUT2D eigenvalue weighted by Crippen LogP contribution is -2.32. The monoisotopic (exact) mass is 375 g/mol. The SMILES string of the molecule is COC(=O)C(C)(C)COc1cc(C)c(-c2ccc(C(=N)N)c(Cl)c2)cn1. The Balaban J connectivity index is 2.21. The summed E-state index contributed by atoms with van der Waals surface area (Å²) in [5.74, 6) is 0.00842. The van der Waals surface area contributed by atoms with Crippen molar-refractivity contribution in [1.82, 2.24) is 4.98 Å². The molecule has 0 saturated carbocycles. The Labute approximate surface area is 157 Å². The van der Waals surface area contributed by atoms with Crippen LogP contribution in [0.3, 0.4) is 0 Å². The second-order valence-electron chi connectivity index (χ2n) is 6.61. The zero-order valence-electron chi connectivity index (χ0n) is 15.2. The standard InChI is InChI=1S/C19H22ClN3O3/c1-11-7-16(26-10-19(2,3)18(24)25-4)23-9-14(11)12-5-6-13(17(21)22)15(20)8-12/h5-9H,10H2,1-4H3,(H3,21,22). The molecule has 0 spiro atoms. The van der Waals surface area contributed by atoms with Crippen molar-refractivity contribution in [3.05, 3.63) is 46.6 Å². The molecule has 0 aliphatic heterocycles. The summed E-state index contributed by atoms with van der Waals surface area (Å²) in [7, 11) is 1.35. The van der Waals surface area contributed by atoms with E-state index in [1.54, 1.807) is 38.2 Å². The number of nitrogens with zero attached hydrogens (tertiary/aromatic N) is 1. The Bertz CT molecular complexity index is 850. The number of carbonyl (C=O) groups is 1. The van der Waals surface area contributed by atoms with Crippen LogP contribution in [-0.2, 0) is 9.53 Å². The van der Waals surface area contributed by atoms with Crippen LogP contribution < -0.4 is 10.5 Å². The molecule has 1 aromatic carbocycles. The molecule has 7 heteroatoms. The number of aryl methyl sites for hydroxylation is 1. The minimum Gasteiger partial charge on any atom is -0.476 e. The number of esters is 1. The number of amidine groups is 1. The van der Waals surface area contributed by atoms with Crippen molar-refractivity contribution in [2.45, 2.75) is 20.8 Å². The van der Waals surface area contributed by atoms with Crippen molar-refractivity contribution in [1.29, 1.82) is 5.41 Å². The number of ether oxygens (including phenoxy) is 2. The number of rotatable bonds is 6. The molecular formula is C19H22ClN3O3. The number of hydrogen-bond acceptors (Lipinski definition) is 5. The van der Waals surface area contributed by atoms with Crippen LogP contribution in [0.25, 0.3) is 11.1 Å². The highest BCUT2D eigenvalue weighted by atomic mass is 35.5. The predicted octanol–water partition coefficient (Wildman–Crippen LogP) is 3.57. The fraction of sp³-hybridized carbons (Fsp3) is 0.316. The van der Waals surface area contributed by atoms with E-state index in [9.17, 15) is 4.79 Å². The summed E-state index contributed by atoms with van der Waals surface area (Å²) in [4.78, 5) is 16.0. The molecule has 0 fully saturated rings. The van der Waals surface area contributed by atoms with Gasteiger partial charge in [-0.15, -0.1) is 0 Å². The van der Waals surface area contributed by atoms with E-state index in [0.717, 1.165) is 16.7 Å². The molecule has 2 rings (SSSR count). The zero-order valence-corrected chi connectivity index (χ0v) is 16.0. The highest BCUT2D eigenvalue weighted by Gasteiger charge is 2.30. The third-order valence-corrected chi connectivity index (χ3v) is 4.29. The lowest BCUT2D eigenvalue weighted by Gasteiger charge is -2.21. The summed E-state index contributed by atoms with van der Waals surface area (Å²) in [5.41, 5.74) is 7.92. The normalized spacial score (nSPS) is 11.1. The molecule has 0 bridgehead atoms. The number of hydrogen-bond donors (Lipinski definition) is 2. The third kappa shape index (κ3) is 4.32. The van der Waals surface area contributed by atoms with Gasteiger partial charge in [-0.2, -0.15) is 0 Å². The van der Waals surface area contributed by atoms with E-state index in [0.29, 0.717) is 16.5 Å². The number of nitrogens with one attached hydrogen (secondary N) is 1. The van der Waals surface area contributed by atoms with Crippen molar-refractivity contribution in [2.75, 3.05) is 13.7 Å². The third-order valence-electron chi connectivity index (χ3n) is 3.97. The van der Waals surface area contributed by atoms with Crippen LogP contribution in [0, 0.1) is 17.7 Å². The van der Waals surface area contributed by atoms with Crippen molar-refractivity contribution < 1.29 is 14.3 Å². The number of pyridine rings is 1. The molecule has 0 radical (unpaired) electrons. The molecular weight excluding hydrogens is 354 g/mol. The number of carbonyl (C=O) groups excluding carboxylic acids is 1. The maximum absolute atomic E-state index is 11.7. The Morgan fingerprint density at radius 2 is 2.04 bits per heavy atom. The smallest absolute Gasteiger partial charge is 0.314 e. The molecule has 0 atom stereocenters. The first kappa shape index (κ1) is 19.7. The van der Waals surface area contributed by atoms with E-state index in [1.807, 2.05) is 13.0 Å². The molecule has 1 aromatic heterocycles. The second kappa shape index (κ2) is 7.74. The number of nitrogen functional groups attached to an aromatic ring is 1. The molecule has 1 heterocycles. The minimum absolute atomic E-state index is 0.0756. The topological polar surface area (TPSA) is 98.3 Å². The summed E-state index contributed by atoms with van der Waals surface area (Å²) < 4.78 is 10.4. The highest BCUT2D eigenvalue weighted by Crippen LogP contribution is 2.29. The van der Waals surface area contributed by atoms with Gasteiger partial charge >= 0.3 is 5.97 Å². The van der Waals surface area contributed by atoms with E-state index in [1.165, 1.54) is 7.11 Å². The first-order chi connectivity index (χ1) is 12.2. The Morgan fingerprint density at radius 3 is 2.58 bits per heavy atom. The average Bonchev–Trinajstić information content (AvgIpc) is 2.58. The van der Waals surface area contributed by atoms with E-state index >= 15 is 0 Å². The maximum Gasteiger partial charge on any atom is 0.314 e. The summed E-state index contributed by atoms with van der Waals surface area (Å²) in [6, 6.07) is 7.11. The molecule has 0 amide bonds. The maximum atomic E-state index is 11.7. The molecule has 6 nitrogen and oxygen atoms in total. The van der Waals surface area contributed by atoms with Gasteiger partial charge in [0, 0.05) is 23.4 Å². The van der Waals surface area contributed by atoms with Gasteiger partial charge < -0.3 is 15.2 Å². The first-order valence-electron chi connectivity index (χ1n) is 7.98. The van der Waals surface area contributed by atoms with Crippen LogP contribution in [0.2, 0.25) is 5.02 Å². The number of methoxy groups -OCH3 is 1. The molecule has 0 aliphatic carbocycles. The van der Waals surface area contributed by atoms with E-state index in [2.05, 4.69) is 4.98 Å². The molecule has 138 valence electrons. The zero-order chi connectivity index (χ0) is 19.5. The van der Waals surface area contributed by atoms with Gasteiger partial charge in [0.15, 0.2) is 0 Å². The van der Waals surface area contributed by atoms with Crippen LogP contribution in [0.4, 0.5) is 0 Å². The van der Waals surface area contributed by atoms with Crippen LogP contribution in [0.1, 0.15) is 25.0 Å². The molecule has 2 aromatic rings. The Morgan fingerprint density at radius 1 is 1.35 bits per heavy atom. The molecule has 3 N–H and O–H groups in total. The van der Waals surface area contributed by atoms with Crippen molar-refractivity contribution in [3.8, 4) is 17.0 Å². The van der Waals surface area contributed by atoms with E-state index in [-0.39, 0.29) is 18.4 Å². The number of nitrogens with two attached hydrogens (primary N) is 1. The molecule has 0 unspecified atom stereocenters. The second-order valence-corrected chi connectivity index (χ2v) is 7.02. The van der Waals surface area contributed by atoms with Gasteiger partial charge in [-0.3, -0.25) is 10.2 Å². The fourth-order valence-electron chi connectivity index (χ4n) is 2.40. The van der Waals surface area contributed by atoms with Gasteiger partial charge in [0.2, 0.25) is 5.88 Å². The largest absolute Gasteiger partial charge is 0.476 e. The number of aromatic nitrogens is 1. The summed E-state index contributed by atoms with van der Waals surface area (Å²) in [5, 5.41) is 7.91. The lowest BCUT2D eigenvalue weighted by atomic mass is 9.95. The molecule has 0 aliphatic rings. The van der Waals surface area contributed by atoms with Crippen LogP contribution in [0.15, 0.2) is 30.5 Å². The van der Waals surface area contributed by atoms with Crippen molar-refractivity contribution in [3.63, 3.8) is 0 Å². The number of benzene rings is 1. The molecule has 26 heavy (non-hydrogen) atoms. The van der Waals surface area contributed by atoms with E-state index < -0.39 is 5.41 Å². The minimum atomic E-state index is -0.765. The van der Waals surface area contributed by atoms with Crippen molar-refractivity contribution >= 4 is 23.4 Å². The summed E-state index contributed by atoms with van der Waals surface area (Å²) in [6.07, 6.45) is 1.69. The summed E-state index contributed by atoms with van der Waals surface area (Å²) in [6.45, 7) is 5.59. The van der Waals surface area contributed by atoms with Gasteiger partial charge in [0.05, 0.1) is 17.5 Å². The first-order valence-corrected chi connectivity index (χ1v) is 8.35. The quantitative estimate of drug-likeness (QED) is 0.457. The number of halogens is 1. The van der Waals surface area contributed by atoms with Gasteiger partial charge in [-0.25, -0.2) is 4.98 Å². The van der Waals surface area contributed by atoms with Crippen LogP contribution in [-0.4, -0.2) is 30.5 Å². The fourth-order valence-corrected chi connectivity index (χ4v) is 2.68. The lowest BCUT2D eigenvalue weighted by molar-refractivity contribution is -0.152. The predicted molar refractivity (Wildman–Crippen MR) is 102 cm³/mol. The van der Waals surface area contributed by atoms with Gasteiger partial charge in [-0.05, 0) is 44.0 Å². The van der Waals surface area contributed by atoms with Crippen molar-refractivity contribution in [2.24, 2.45) is 11.1 Å². The van der Waals surface area contributed by atoms with Gasteiger partial charge in [-0.1, -0.05) is 17.7 Å². The molecule has 0 saturated heterocycles. The highest BCUT2D eigenvalue weighted by molar-refractivity contribution is 6.34. The average molecular weight is 376 g/mol. The van der Waals surface area contributed by atoms with Crippen LogP contribution in [0.5, 0.6) is 5.88 Å². The Kier molecular flexibility index (Phi) is 5.87. The van der Waals surface area contributed by atoms with Gasteiger partial charge in [0.1, 0.15) is 12.4 Å². The Hall–Kier alpha value is -2.60. The van der Waals surface area contributed by atoms with Gasteiger partial charge in [0.25, 0.3) is 0 Å². The summed E-state index contributed by atoms with van der Waals surface area (Å²) >= 11 is 6.19. The van der Waals surface area contributed by atoms with E-state index in [4.69, 9.17) is 32.2 Å².